The maximum Gasteiger partial charge on any atom is 0.119 e. The number of benzene rings is 1. The molecule has 0 aliphatic heterocycles. The summed E-state index contributed by atoms with van der Waals surface area (Å²) in [4.78, 5) is 0. The van der Waals surface area contributed by atoms with E-state index < -0.39 is 6.67 Å². The van der Waals surface area contributed by atoms with Gasteiger partial charge in [-0.25, -0.2) is 4.39 Å². The molecular formula is C10H9FO. The molecule has 0 saturated heterocycles. The van der Waals surface area contributed by atoms with Crippen molar-refractivity contribution in [3.63, 3.8) is 0 Å². The predicted molar refractivity (Wildman–Crippen MR) is 45.8 cm³/mol. The zero-order chi connectivity index (χ0) is 8.55. The lowest BCUT2D eigenvalue weighted by atomic mass is 10.1. The van der Waals surface area contributed by atoms with Crippen molar-refractivity contribution < 1.29 is 9.50 Å². The average molecular weight is 164 g/mol. The number of allylic oxidation sites excluding steroid dienone is 2. The van der Waals surface area contributed by atoms with E-state index in [9.17, 15) is 9.50 Å². The minimum absolute atomic E-state index is 0.271. The molecule has 0 saturated carbocycles. The summed E-state index contributed by atoms with van der Waals surface area (Å²) < 4.78 is 12.4. The van der Waals surface area contributed by atoms with Crippen LogP contribution in [0.4, 0.5) is 4.39 Å². The van der Waals surface area contributed by atoms with Crippen LogP contribution in [0.15, 0.2) is 24.3 Å². The average Bonchev–Trinajstić information content (AvgIpc) is 2.49. The Balaban J connectivity index is 2.53. The number of phenolic OH excluding ortho intramolecular Hbond substituents is 1. The van der Waals surface area contributed by atoms with Gasteiger partial charge in [0.15, 0.2) is 0 Å². The molecule has 1 aliphatic rings. The topological polar surface area (TPSA) is 20.2 Å². The minimum atomic E-state index is -0.448. The highest BCUT2D eigenvalue weighted by molar-refractivity contribution is 5.75. The quantitative estimate of drug-likeness (QED) is 0.675. The van der Waals surface area contributed by atoms with Crippen LogP contribution in [0.1, 0.15) is 11.1 Å². The number of hydrogen-bond acceptors (Lipinski definition) is 1. The molecule has 62 valence electrons. The highest BCUT2D eigenvalue weighted by Gasteiger charge is 2.15. The number of fused-ring (bicyclic) bond motifs is 1. The molecule has 12 heavy (non-hydrogen) atoms. The number of hydrogen-bond donors (Lipinski definition) is 1. The van der Waals surface area contributed by atoms with Crippen LogP contribution in [-0.4, -0.2) is 11.8 Å². The summed E-state index contributed by atoms with van der Waals surface area (Å²) >= 11 is 0. The number of alkyl halides is 1. The van der Waals surface area contributed by atoms with Gasteiger partial charge in [0, 0.05) is 5.56 Å². The van der Waals surface area contributed by atoms with E-state index in [1.807, 2.05) is 12.1 Å². The molecule has 1 aromatic rings. The number of phenols is 1. The summed E-state index contributed by atoms with van der Waals surface area (Å²) in [6.45, 7) is -0.448. The smallest absolute Gasteiger partial charge is 0.119 e. The van der Waals surface area contributed by atoms with Crippen molar-refractivity contribution >= 4 is 5.57 Å². The van der Waals surface area contributed by atoms with Crippen molar-refractivity contribution in [1.29, 1.82) is 0 Å². The summed E-state index contributed by atoms with van der Waals surface area (Å²) in [5.74, 6) is 0.271. The molecule has 2 rings (SSSR count). The van der Waals surface area contributed by atoms with E-state index in [0.29, 0.717) is 12.0 Å². The SMILES string of the molecule is Oc1cccc2c1CC=C2CF. The van der Waals surface area contributed by atoms with E-state index >= 15 is 0 Å². The Bertz CT molecular complexity index is 342. The van der Waals surface area contributed by atoms with E-state index in [0.717, 1.165) is 11.1 Å². The molecule has 1 aliphatic carbocycles. The third-order valence-electron chi connectivity index (χ3n) is 2.19. The van der Waals surface area contributed by atoms with Crippen LogP contribution in [-0.2, 0) is 6.42 Å². The van der Waals surface area contributed by atoms with E-state index in [4.69, 9.17) is 0 Å². The second kappa shape index (κ2) is 2.63. The highest BCUT2D eigenvalue weighted by Crippen LogP contribution is 2.33. The molecule has 0 bridgehead atoms. The van der Waals surface area contributed by atoms with E-state index in [-0.39, 0.29) is 5.75 Å². The van der Waals surface area contributed by atoms with Crippen LogP contribution in [0.2, 0.25) is 0 Å². The minimum Gasteiger partial charge on any atom is -0.508 e. The highest BCUT2D eigenvalue weighted by atomic mass is 19.1. The molecule has 0 amide bonds. The van der Waals surface area contributed by atoms with Crippen molar-refractivity contribution in [2.75, 3.05) is 6.67 Å². The van der Waals surface area contributed by atoms with Gasteiger partial charge in [0.05, 0.1) is 0 Å². The number of rotatable bonds is 1. The summed E-state index contributed by atoms with van der Waals surface area (Å²) in [7, 11) is 0. The standard InChI is InChI=1S/C10H9FO/c11-6-7-4-5-9-8(7)2-1-3-10(9)12/h1-4,12H,5-6H2. The second-order valence-electron chi connectivity index (χ2n) is 2.87. The Morgan fingerprint density at radius 2 is 2.25 bits per heavy atom. The second-order valence-corrected chi connectivity index (χ2v) is 2.87. The van der Waals surface area contributed by atoms with Crippen molar-refractivity contribution in [1.82, 2.24) is 0 Å². The monoisotopic (exact) mass is 164 g/mol. The molecular weight excluding hydrogens is 155 g/mol. The Morgan fingerprint density at radius 1 is 1.42 bits per heavy atom. The Labute approximate surface area is 70.2 Å². The van der Waals surface area contributed by atoms with Gasteiger partial charge in [-0.05, 0) is 23.6 Å². The van der Waals surface area contributed by atoms with Gasteiger partial charge in [0.2, 0.25) is 0 Å². The Morgan fingerprint density at radius 3 is 3.00 bits per heavy atom. The summed E-state index contributed by atoms with van der Waals surface area (Å²) in [5, 5.41) is 9.39. The van der Waals surface area contributed by atoms with Crippen molar-refractivity contribution in [3.05, 3.63) is 35.4 Å². The van der Waals surface area contributed by atoms with Crippen LogP contribution >= 0.6 is 0 Å². The van der Waals surface area contributed by atoms with Crippen LogP contribution in [0.3, 0.4) is 0 Å². The molecule has 0 aromatic heterocycles. The Kier molecular flexibility index (Phi) is 1.61. The molecule has 0 radical (unpaired) electrons. The van der Waals surface area contributed by atoms with Gasteiger partial charge in [-0.2, -0.15) is 0 Å². The fraction of sp³-hybridized carbons (Fsp3) is 0.200. The van der Waals surface area contributed by atoms with Gasteiger partial charge in [-0.15, -0.1) is 0 Å². The predicted octanol–water partition coefficient (Wildman–Crippen LogP) is 2.30. The molecule has 0 heterocycles. The summed E-state index contributed by atoms with van der Waals surface area (Å²) in [6.07, 6.45) is 2.48. The van der Waals surface area contributed by atoms with Gasteiger partial charge in [-0.3, -0.25) is 0 Å². The fourth-order valence-electron chi connectivity index (χ4n) is 1.55. The summed E-state index contributed by atoms with van der Waals surface area (Å²) in [6, 6.07) is 5.21. The number of aromatic hydroxyl groups is 1. The zero-order valence-corrected chi connectivity index (χ0v) is 6.55. The largest absolute Gasteiger partial charge is 0.508 e. The lowest BCUT2D eigenvalue weighted by Gasteiger charge is -2.02. The van der Waals surface area contributed by atoms with E-state index in [1.165, 1.54) is 0 Å². The van der Waals surface area contributed by atoms with Crippen LogP contribution < -0.4 is 0 Å². The van der Waals surface area contributed by atoms with Gasteiger partial charge in [0.1, 0.15) is 12.4 Å². The molecule has 0 atom stereocenters. The van der Waals surface area contributed by atoms with Crippen LogP contribution in [0.5, 0.6) is 5.75 Å². The Hall–Kier alpha value is -1.31. The van der Waals surface area contributed by atoms with Gasteiger partial charge in [-0.1, -0.05) is 18.2 Å². The molecule has 0 fully saturated rings. The van der Waals surface area contributed by atoms with Crippen LogP contribution in [0, 0.1) is 0 Å². The third-order valence-corrected chi connectivity index (χ3v) is 2.19. The van der Waals surface area contributed by atoms with E-state index in [1.54, 1.807) is 12.1 Å². The molecule has 2 heteroatoms. The zero-order valence-electron chi connectivity index (χ0n) is 6.55. The first-order chi connectivity index (χ1) is 5.83. The van der Waals surface area contributed by atoms with Crippen molar-refractivity contribution in [2.45, 2.75) is 6.42 Å². The number of halogens is 1. The lowest BCUT2D eigenvalue weighted by molar-refractivity contribution is 0.470. The molecule has 1 N–H and O–H groups in total. The first-order valence-corrected chi connectivity index (χ1v) is 3.89. The van der Waals surface area contributed by atoms with Crippen LogP contribution in [0.25, 0.3) is 5.57 Å². The lowest BCUT2D eigenvalue weighted by Crippen LogP contribution is -1.85. The fourth-order valence-corrected chi connectivity index (χ4v) is 1.55. The first kappa shape index (κ1) is 7.35. The first-order valence-electron chi connectivity index (χ1n) is 3.89. The van der Waals surface area contributed by atoms with Gasteiger partial charge < -0.3 is 5.11 Å². The molecule has 0 spiro atoms. The van der Waals surface area contributed by atoms with Gasteiger partial charge >= 0.3 is 0 Å². The molecule has 1 nitrogen and oxygen atoms in total. The maximum atomic E-state index is 12.4. The normalized spacial score (nSPS) is 14.2. The van der Waals surface area contributed by atoms with Crippen molar-refractivity contribution in [3.8, 4) is 5.75 Å². The van der Waals surface area contributed by atoms with E-state index in [2.05, 4.69) is 0 Å². The molecule has 1 aromatic carbocycles. The maximum absolute atomic E-state index is 12.4. The summed E-state index contributed by atoms with van der Waals surface area (Å²) in [5.41, 5.74) is 2.41. The third kappa shape index (κ3) is 0.916. The molecule has 0 unspecified atom stereocenters. The van der Waals surface area contributed by atoms with Gasteiger partial charge in [0.25, 0.3) is 0 Å². The van der Waals surface area contributed by atoms with Crippen molar-refractivity contribution in [2.24, 2.45) is 0 Å².